The molecule has 0 aliphatic rings. The van der Waals surface area contributed by atoms with E-state index in [1.54, 1.807) is 0 Å². The summed E-state index contributed by atoms with van der Waals surface area (Å²) in [5.74, 6) is -1.21. The third-order valence-corrected chi connectivity index (χ3v) is 1.78. The third kappa shape index (κ3) is 3.25. The summed E-state index contributed by atoms with van der Waals surface area (Å²) >= 11 is 0. The number of ether oxygens (including phenoxy) is 1. The lowest BCUT2D eigenvalue weighted by molar-refractivity contribution is -0.159. The van der Waals surface area contributed by atoms with E-state index in [4.69, 9.17) is 5.11 Å². The average Bonchev–Trinajstić information content (AvgIpc) is 2.17. The van der Waals surface area contributed by atoms with Gasteiger partial charge in [0.05, 0.1) is 6.10 Å². The van der Waals surface area contributed by atoms with Crippen molar-refractivity contribution in [3.63, 3.8) is 0 Å². The minimum atomic E-state index is -2.89. The van der Waals surface area contributed by atoms with Crippen molar-refractivity contribution in [2.24, 2.45) is 0 Å². The van der Waals surface area contributed by atoms with Gasteiger partial charge in [-0.1, -0.05) is 0 Å². The number of carboxylic acid groups (broad SMARTS) is 1. The second-order valence-corrected chi connectivity index (χ2v) is 2.82. The van der Waals surface area contributed by atoms with Crippen LogP contribution in [-0.2, 0) is 4.74 Å². The molecule has 1 heterocycles. The number of pyridine rings is 1. The Balaban J connectivity index is 2.85. The van der Waals surface area contributed by atoms with Crippen LogP contribution in [0.5, 0.6) is 0 Å². The Morgan fingerprint density at radius 1 is 1.60 bits per heavy atom. The van der Waals surface area contributed by atoms with E-state index in [9.17, 15) is 13.6 Å². The molecule has 82 valence electrons. The van der Waals surface area contributed by atoms with Crippen LogP contribution in [0.4, 0.5) is 8.78 Å². The van der Waals surface area contributed by atoms with Crippen LogP contribution in [0.1, 0.15) is 29.1 Å². The lowest BCUT2D eigenvalue weighted by Crippen LogP contribution is -2.07. The number of nitrogens with zero attached hydrogens (tertiary/aromatic N) is 1. The van der Waals surface area contributed by atoms with E-state index in [2.05, 4.69) is 9.72 Å². The fourth-order valence-electron chi connectivity index (χ4n) is 1.05. The molecule has 0 radical (unpaired) electrons. The molecule has 0 fully saturated rings. The number of hydrogen-bond acceptors (Lipinski definition) is 3. The summed E-state index contributed by atoms with van der Waals surface area (Å²) in [5.41, 5.74) is 0.153. The lowest BCUT2D eigenvalue weighted by atomic mass is 10.1. The van der Waals surface area contributed by atoms with E-state index in [0.29, 0.717) is 5.56 Å². The van der Waals surface area contributed by atoms with E-state index in [-0.39, 0.29) is 5.69 Å². The maximum absolute atomic E-state index is 11.9. The lowest BCUT2D eigenvalue weighted by Gasteiger charge is -2.12. The Morgan fingerprint density at radius 3 is 2.80 bits per heavy atom. The first-order valence-electron chi connectivity index (χ1n) is 4.13. The second-order valence-electron chi connectivity index (χ2n) is 2.82. The molecule has 0 spiro atoms. The van der Waals surface area contributed by atoms with Crippen LogP contribution < -0.4 is 0 Å². The molecule has 0 saturated heterocycles. The highest BCUT2D eigenvalue weighted by Gasteiger charge is 2.14. The van der Waals surface area contributed by atoms with Crippen molar-refractivity contribution in [1.82, 2.24) is 4.98 Å². The molecule has 4 nitrogen and oxygen atoms in total. The predicted molar refractivity (Wildman–Crippen MR) is 46.7 cm³/mol. The van der Waals surface area contributed by atoms with Crippen LogP contribution in [0.3, 0.4) is 0 Å². The van der Waals surface area contributed by atoms with E-state index in [0.717, 1.165) is 0 Å². The average molecular weight is 217 g/mol. The van der Waals surface area contributed by atoms with Crippen molar-refractivity contribution in [1.29, 1.82) is 0 Å². The summed E-state index contributed by atoms with van der Waals surface area (Å²) < 4.78 is 28.0. The molecule has 1 N–H and O–H groups in total. The number of carbonyl (C=O) groups is 1. The van der Waals surface area contributed by atoms with Gasteiger partial charge < -0.3 is 9.84 Å². The van der Waals surface area contributed by atoms with Crippen molar-refractivity contribution in [2.45, 2.75) is 19.6 Å². The zero-order valence-electron chi connectivity index (χ0n) is 7.85. The first-order chi connectivity index (χ1) is 7.00. The van der Waals surface area contributed by atoms with Gasteiger partial charge in [-0.15, -0.1) is 0 Å². The number of alkyl halides is 2. The van der Waals surface area contributed by atoms with Gasteiger partial charge in [0.25, 0.3) is 0 Å². The van der Waals surface area contributed by atoms with Gasteiger partial charge in [0.15, 0.2) is 0 Å². The molecule has 1 aromatic heterocycles. The Morgan fingerprint density at radius 2 is 2.27 bits per heavy atom. The minimum Gasteiger partial charge on any atom is -0.477 e. The molecule has 0 bridgehead atoms. The Hall–Kier alpha value is -1.56. The minimum absolute atomic E-state index is 0.197. The normalized spacial score (nSPS) is 12.8. The summed E-state index contributed by atoms with van der Waals surface area (Å²) in [6, 6.07) is 2.63. The number of aromatic carboxylic acids is 1. The fourth-order valence-corrected chi connectivity index (χ4v) is 1.05. The van der Waals surface area contributed by atoms with Gasteiger partial charge in [0, 0.05) is 6.20 Å². The van der Waals surface area contributed by atoms with Crippen LogP contribution in [0.15, 0.2) is 18.3 Å². The molecule has 1 aromatic rings. The van der Waals surface area contributed by atoms with Crippen LogP contribution in [0, 0.1) is 0 Å². The van der Waals surface area contributed by atoms with Crippen LogP contribution in [0.25, 0.3) is 0 Å². The van der Waals surface area contributed by atoms with Crippen LogP contribution in [0.2, 0.25) is 0 Å². The van der Waals surface area contributed by atoms with E-state index in [1.165, 1.54) is 25.3 Å². The van der Waals surface area contributed by atoms with E-state index in [1.807, 2.05) is 0 Å². The van der Waals surface area contributed by atoms with Crippen molar-refractivity contribution in [3.8, 4) is 0 Å². The third-order valence-electron chi connectivity index (χ3n) is 1.78. The highest BCUT2D eigenvalue weighted by Crippen LogP contribution is 2.19. The molecule has 6 heteroatoms. The molecule has 0 saturated carbocycles. The topological polar surface area (TPSA) is 59.4 Å². The molecule has 0 amide bonds. The van der Waals surface area contributed by atoms with Gasteiger partial charge in [-0.2, -0.15) is 8.78 Å². The molecular weight excluding hydrogens is 208 g/mol. The Bertz CT molecular complexity index is 357. The zero-order chi connectivity index (χ0) is 11.4. The highest BCUT2D eigenvalue weighted by atomic mass is 19.3. The maximum Gasteiger partial charge on any atom is 0.354 e. The summed E-state index contributed by atoms with van der Waals surface area (Å²) in [6.07, 6.45) is 0.371. The summed E-state index contributed by atoms with van der Waals surface area (Å²) in [6.45, 7) is -1.48. The standard InChI is InChI=1S/C9H9F2NO3/c1-5(15-9(10)11)6-2-3-12-7(4-6)8(13)14/h2-5,9H,1H3,(H,13,14). The number of halogens is 2. The molecule has 0 aromatic carbocycles. The Kier molecular flexibility index (Phi) is 3.68. The van der Waals surface area contributed by atoms with E-state index >= 15 is 0 Å². The quantitative estimate of drug-likeness (QED) is 0.838. The predicted octanol–water partition coefficient (Wildman–Crippen LogP) is 2.08. The maximum atomic E-state index is 11.9. The molecule has 0 aliphatic heterocycles. The number of aromatic nitrogens is 1. The van der Waals surface area contributed by atoms with Crippen molar-refractivity contribution < 1.29 is 23.4 Å². The van der Waals surface area contributed by atoms with Gasteiger partial charge in [0.2, 0.25) is 0 Å². The van der Waals surface area contributed by atoms with Crippen molar-refractivity contribution in [2.75, 3.05) is 0 Å². The van der Waals surface area contributed by atoms with Gasteiger partial charge in [-0.25, -0.2) is 9.78 Å². The molecule has 0 aliphatic carbocycles. The van der Waals surface area contributed by atoms with Crippen molar-refractivity contribution >= 4 is 5.97 Å². The van der Waals surface area contributed by atoms with E-state index < -0.39 is 18.7 Å². The summed E-state index contributed by atoms with van der Waals surface area (Å²) in [5, 5.41) is 8.62. The van der Waals surface area contributed by atoms with Crippen molar-refractivity contribution in [3.05, 3.63) is 29.6 Å². The number of carboxylic acids is 1. The fraction of sp³-hybridized carbons (Fsp3) is 0.333. The van der Waals surface area contributed by atoms with Gasteiger partial charge in [-0.3, -0.25) is 0 Å². The smallest absolute Gasteiger partial charge is 0.354 e. The van der Waals surface area contributed by atoms with Gasteiger partial charge in [0.1, 0.15) is 5.69 Å². The molecular formula is C9H9F2NO3. The monoisotopic (exact) mass is 217 g/mol. The van der Waals surface area contributed by atoms with Gasteiger partial charge in [-0.05, 0) is 24.6 Å². The highest BCUT2D eigenvalue weighted by molar-refractivity contribution is 5.85. The molecule has 1 rings (SSSR count). The number of rotatable bonds is 4. The SMILES string of the molecule is CC(OC(F)F)c1ccnc(C(=O)O)c1. The summed E-state index contributed by atoms with van der Waals surface area (Å²) in [7, 11) is 0. The Labute approximate surface area is 84.5 Å². The zero-order valence-corrected chi connectivity index (χ0v) is 7.85. The molecule has 1 unspecified atom stereocenters. The number of hydrogen-bond donors (Lipinski definition) is 1. The molecule has 15 heavy (non-hydrogen) atoms. The first kappa shape index (κ1) is 11.5. The second kappa shape index (κ2) is 4.79. The first-order valence-corrected chi connectivity index (χ1v) is 4.13. The largest absolute Gasteiger partial charge is 0.477 e. The van der Waals surface area contributed by atoms with Crippen LogP contribution >= 0.6 is 0 Å². The van der Waals surface area contributed by atoms with Crippen LogP contribution in [-0.4, -0.2) is 22.7 Å². The summed E-state index contributed by atoms with van der Waals surface area (Å²) in [4.78, 5) is 14.1. The van der Waals surface area contributed by atoms with Gasteiger partial charge >= 0.3 is 12.6 Å². The molecule has 1 atom stereocenters.